The largest absolute Gasteiger partial charge is 0.350 e. The Bertz CT molecular complexity index is 637. The van der Waals surface area contributed by atoms with Crippen molar-refractivity contribution in [1.82, 2.24) is 14.9 Å². The molecule has 1 atom stereocenters. The second-order valence-corrected chi connectivity index (χ2v) is 6.65. The third-order valence-corrected chi connectivity index (χ3v) is 4.94. The molecule has 0 radical (unpaired) electrons. The van der Waals surface area contributed by atoms with E-state index < -0.39 is 0 Å². The lowest BCUT2D eigenvalue weighted by atomic mass is 9.97. The Kier molecular flexibility index (Phi) is 4.92. The standard InChI is InChI=1S/C19H25N3O2/c1-2-5-15(6-3-1)17-13-20-19(21-17)16-7-4-9-22(14-16)10-8-18-23-11-12-24-18/h1-3,5-6,13,16,18H,4,7-12,14H2,(H,20,21)/t16-/m1/s1. The molecular formula is C19H25N3O2. The molecule has 2 aliphatic heterocycles. The van der Waals surface area contributed by atoms with Crippen molar-refractivity contribution in [1.29, 1.82) is 0 Å². The summed E-state index contributed by atoms with van der Waals surface area (Å²) in [6.07, 6.45) is 5.34. The molecule has 1 aromatic heterocycles. The van der Waals surface area contributed by atoms with Crippen molar-refractivity contribution in [3.63, 3.8) is 0 Å². The average Bonchev–Trinajstić information content (AvgIpc) is 3.33. The molecule has 5 nitrogen and oxygen atoms in total. The smallest absolute Gasteiger partial charge is 0.159 e. The minimum absolute atomic E-state index is 0.00123. The molecule has 0 bridgehead atoms. The zero-order chi connectivity index (χ0) is 16.2. The Balaban J connectivity index is 1.36. The summed E-state index contributed by atoms with van der Waals surface area (Å²) in [7, 11) is 0. The predicted octanol–water partition coefficient (Wildman–Crippen LogP) is 3.02. The highest BCUT2D eigenvalue weighted by molar-refractivity contribution is 5.58. The molecule has 2 fully saturated rings. The minimum atomic E-state index is -0.00123. The molecule has 24 heavy (non-hydrogen) atoms. The molecular weight excluding hydrogens is 302 g/mol. The lowest BCUT2D eigenvalue weighted by molar-refractivity contribution is -0.0525. The summed E-state index contributed by atoms with van der Waals surface area (Å²) in [5.74, 6) is 1.61. The number of hydrogen-bond donors (Lipinski definition) is 1. The quantitative estimate of drug-likeness (QED) is 0.917. The maximum absolute atomic E-state index is 5.54. The predicted molar refractivity (Wildman–Crippen MR) is 92.7 cm³/mol. The van der Waals surface area contributed by atoms with Crippen LogP contribution in [0.5, 0.6) is 0 Å². The molecule has 1 aromatic carbocycles. The Labute approximate surface area is 143 Å². The summed E-state index contributed by atoms with van der Waals surface area (Å²) in [4.78, 5) is 10.7. The molecule has 0 amide bonds. The van der Waals surface area contributed by atoms with Crippen LogP contribution in [-0.2, 0) is 9.47 Å². The first-order chi connectivity index (χ1) is 11.9. The number of likely N-dealkylation sites (tertiary alicyclic amines) is 1. The second-order valence-electron chi connectivity index (χ2n) is 6.65. The molecule has 2 saturated heterocycles. The summed E-state index contributed by atoms with van der Waals surface area (Å²) >= 11 is 0. The molecule has 1 N–H and O–H groups in total. The van der Waals surface area contributed by atoms with E-state index in [4.69, 9.17) is 9.47 Å². The van der Waals surface area contributed by atoms with Gasteiger partial charge in [0.2, 0.25) is 0 Å². The van der Waals surface area contributed by atoms with Crippen LogP contribution in [-0.4, -0.2) is 54.0 Å². The molecule has 0 spiro atoms. The molecule has 2 aliphatic rings. The van der Waals surface area contributed by atoms with Gasteiger partial charge in [0.1, 0.15) is 5.82 Å². The SMILES string of the molecule is c1ccc(-c2cnc([C@@H]3CCCN(CCC4OCCO4)C3)[nH]2)cc1. The van der Waals surface area contributed by atoms with Gasteiger partial charge in [0.15, 0.2) is 6.29 Å². The topological polar surface area (TPSA) is 50.4 Å². The van der Waals surface area contributed by atoms with Crippen LogP contribution >= 0.6 is 0 Å². The third-order valence-electron chi connectivity index (χ3n) is 4.94. The van der Waals surface area contributed by atoms with Gasteiger partial charge in [-0.15, -0.1) is 0 Å². The molecule has 5 heteroatoms. The summed E-state index contributed by atoms with van der Waals surface area (Å²) in [5, 5.41) is 0. The van der Waals surface area contributed by atoms with Crippen molar-refractivity contribution in [2.24, 2.45) is 0 Å². The Hall–Kier alpha value is -1.69. The van der Waals surface area contributed by atoms with Gasteiger partial charge in [0.25, 0.3) is 0 Å². The van der Waals surface area contributed by atoms with Gasteiger partial charge in [-0.2, -0.15) is 0 Å². The van der Waals surface area contributed by atoms with Crippen molar-refractivity contribution in [2.75, 3.05) is 32.8 Å². The molecule has 128 valence electrons. The number of aromatic nitrogens is 2. The van der Waals surface area contributed by atoms with Gasteiger partial charge in [0, 0.05) is 25.4 Å². The molecule has 3 heterocycles. The monoisotopic (exact) mass is 327 g/mol. The van der Waals surface area contributed by atoms with Crippen LogP contribution in [0.25, 0.3) is 11.3 Å². The van der Waals surface area contributed by atoms with Crippen molar-refractivity contribution in [3.05, 3.63) is 42.4 Å². The van der Waals surface area contributed by atoms with E-state index in [9.17, 15) is 0 Å². The highest BCUT2D eigenvalue weighted by Crippen LogP contribution is 2.27. The number of hydrogen-bond acceptors (Lipinski definition) is 4. The fourth-order valence-electron chi connectivity index (χ4n) is 3.65. The average molecular weight is 327 g/mol. The number of nitrogens with one attached hydrogen (secondary N) is 1. The van der Waals surface area contributed by atoms with Gasteiger partial charge in [0.05, 0.1) is 25.1 Å². The summed E-state index contributed by atoms with van der Waals surface area (Å²) in [5.41, 5.74) is 2.30. The van der Waals surface area contributed by atoms with Crippen molar-refractivity contribution >= 4 is 0 Å². The summed E-state index contributed by atoms with van der Waals surface area (Å²) in [6, 6.07) is 10.4. The Morgan fingerprint density at radius 2 is 2.00 bits per heavy atom. The van der Waals surface area contributed by atoms with Gasteiger partial charge in [-0.05, 0) is 24.9 Å². The number of rotatable bonds is 5. The first-order valence-electron chi connectivity index (χ1n) is 8.94. The molecule has 4 rings (SSSR count). The number of H-pyrrole nitrogens is 1. The van der Waals surface area contributed by atoms with E-state index in [-0.39, 0.29) is 6.29 Å². The van der Waals surface area contributed by atoms with Crippen LogP contribution in [0.2, 0.25) is 0 Å². The van der Waals surface area contributed by atoms with Crippen molar-refractivity contribution in [3.8, 4) is 11.3 Å². The number of nitrogens with zero attached hydrogens (tertiary/aromatic N) is 2. The van der Waals surface area contributed by atoms with Gasteiger partial charge < -0.3 is 19.4 Å². The lowest BCUT2D eigenvalue weighted by Gasteiger charge is -2.32. The zero-order valence-corrected chi connectivity index (χ0v) is 14.0. The Morgan fingerprint density at radius 3 is 2.83 bits per heavy atom. The second kappa shape index (κ2) is 7.47. The number of piperidine rings is 1. The van der Waals surface area contributed by atoms with E-state index in [1.807, 2.05) is 12.3 Å². The lowest BCUT2D eigenvalue weighted by Crippen LogP contribution is -2.36. The van der Waals surface area contributed by atoms with E-state index in [2.05, 4.69) is 39.1 Å². The van der Waals surface area contributed by atoms with Crippen molar-refractivity contribution < 1.29 is 9.47 Å². The highest BCUT2D eigenvalue weighted by atomic mass is 16.7. The Morgan fingerprint density at radius 1 is 1.17 bits per heavy atom. The third kappa shape index (κ3) is 3.69. The fraction of sp³-hybridized carbons (Fsp3) is 0.526. The van der Waals surface area contributed by atoms with Crippen LogP contribution in [0.3, 0.4) is 0 Å². The highest BCUT2D eigenvalue weighted by Gasteiger charge is 2.25. The molecule has 0 unspecified atom stereocenters. The maximum atomic E-state index is 5.54. The fourth-order valence-corrected chi connectivity index (χ4v) is 3.65. The van der Waals surface area contributed by atoms with E-state index in [0.29, 0.717) is 5.92 Å². The van der Waals surface area contributed by atoms with E-state index in [1.54, 1.807) is 0 Å². The zero-order valence-electron chi connectivity index (χ0n) is 14.0. The van der Waals surface area contributed by atoms with Crippen LogP contribution in [0.4, 0.5) is 0 Å². The number of benzene rings is 1. The maximum Gasteiger partial charge on any atom is 0.159 e. The normalized spacial score (nSPS) is 22.9. The van der Waals surface area contributed by atoms with E-state index in [0.717, 1.165) is 50.8 Å². The summed E-state index contributed by atoms with van der Waals surface area (Å²) < 4.78 is 11.1. The number of ether oxygens (including phenoxy) is 2. The van der Waals surface area contributed by atoms with Gasteiger partial charge in [-0.1, -0.05) is 30.3 Å². The first kappa shape index (κ1) is 15.8. The number of imidazole rings is 1. The van der Waals surface area contributed by atoms with Crippen molar-refractivity contribution in [2.45, 2.75) is 31.5 Å². The first-order valence-corrected chi connectivity index (χ1v) is 8.94. The van der Waals surface area contributed by atoms with Gasteiger partial charge in [-0.3, -0.25) is 0 Å². The minimum Gasteiger partial charge on any atom is -0.350 e. The van der Waals surface area contributed by atoms with E-state index in [1.165, 1.54) is 18.4 Å². The summed E-state index contributed by atoms with van der Waals surface area (Å²) in [6.45, 7) is 4.74. The molecule has 2 aromatic rings. The van der Waals surface area contributed by atoms with Gasteiger partial charge in [-0.25, -0.2) is 4.98 Å². The van der Waals surface area contributed by atoms with Crippen LogP contribution in [0.1, 0.15) is 31.0 Å². The number of aromatic amines is 1. The van der Waals surface area contributed by atoms with Crippen LogP contribution < -0.4 is 0 Å². The molecule has 0 aliphatic carbocycles. The van der Waals surface area contributed by atoms with Crippen LogP contribution in [0.15, 0.2) is 36.5 Å². The van der Waals surface area contributed by atoms with E-state index >= 15 is 0 Å². The molecule has 0 saturated carbocycles. The van der Waals surface area contributed by atoms with Crippen LogP contribution in [0, 0.1) is 0 Å². The van der Waals surface area contributed by atoms with Gasteiger partial charge >= 0.3 is 0 Å².